The fraction of sp³-hybridized carbons (Fsp3) is 0.538. The zero-order chi connectivity index (χ0) is 17.2. The Morgan fingerprint density at radius 1 is 1.35 bits per heavy atom. The van der Waals surface area contributed by atoms with Gasteiger partial charge in [-0.1, -0.05) is 0 Å². The molecule has 0 saturated carbocycles. The van der Waals surface area contributed by atoms with E-state index in [0.717, 1.165) is 19.6 Å². The van der Waals surface area contributed by atoms with Gasteiger partial charge in [-0.15, -0.1) is 0 Å². The second-order valence-corrected chi connectivity index (χ2v) is 5.70. The summed E-state index contributed by atoms with van der Waals surface area (Å²) in [5.41, 5.74) is 0. The fourth-order valence-corrected chi connectivity index (χ4v) is 2.73. The summed E-state index contributed by atoms with van der Waals surface area (Å²) in [6, 6.07) is 3.69. The lowest BCUT2D eigenvalue weighted by Crippen LogP contribution is -2.44. The molecule has 3 heterocycles. The standard InChI is InChI=1S/C11H13ClN2O2.C2HF3O2/c12-10-2-1-9(16-10)11(15)14-5-7-3-8(6-14)13-4-7;3-2(4,5)1(6)7/h1-2,7-8,13H,3-6H2;(H,6,7)/t7-,8-;/m0./s1. The molecular weight excluding hydrogens is 341 g/mol. The third-order valence-corrected chi connectivity index (χ3v) is 3.75. The lowest BCUT2D eigenvalue weighted by Gasteiger charge is -2.30. The summed E-state index contributed by atoms with van der Waals surface area (Å²) in [5, 5.41) is 10.8. The van der Waals surface area contributed by atoms with Gasteiger partial charge in [-0.25, -0.2) is 4.79 Å². The topological polar surface area (TPSA) is 82.8 Å². The summed E-state index contributed by atoms with van der Waals surface area (Å²) in [6.07, 6.45) is -3.90. The first-order chi connectivity index (χ1) is 10.7. The van der Waals surface area contributed by atoms with Gasteiger partial charge in [-0.3, -0.25) is 4.79 Å². The molecule has 10 heteroatoms. The van der Waals surface area contributed by atoms with E-state index in [0.29, 0.717) is 17.7 Å². The molecule has 0 unspecified atom stereocenters. The summed E-state index contributed by atoms with van der Waals surface area (Å²) in [5.74, 6) is -1.88. The highest BCUT2D eigenvalue weighted by atomic mass is 35.5. The number of aliphatic carboxylic acids is 1. The van der Waals surface area contributed by atoms with E-state index in [1.54, 1.807) is 12.1 Å². The molecule has 1 amide bonds. The molecule has 23 heavy (non-hydrogen) atoms. The van der Waals surface area contributed by atoms with Crippen molar-refractivity contribution >= 4 is 23.5 Å². The van der Waals surface area contributed by atoms with Gasteiger partial charge in [0, 0.05) is 25.7 Å². The summed E-state index contributed by atoms with van der Waals surface area (Å²) >= 11 is 5.66. The largest absolute Gasteiger partial charge is 0.490 e. The third-order valence-electron chi connectivity index (χ3n) is 3.55. The Bertz CT molecular complexity index is 578. The van der Waals surface area contributed by atoms with Gasteiger partial charge >= 0.3 is 12.1 Å². The molecule has 3 rings (SSSR count). The van der Waals surface area contributed by atoms with E-state index in [1.165, 1.54) is 6.42 Å². The van der Waals surface area contributed by atoms with Crippen LogP contribution in [0.1, 0.15) is 17.0 Å². The third kappa shape index (κ3) is 4.61. The molecule has 0 aliphatic carbocycles. The number of carbonyl (C=O) groups excluding carboxylic acids is 1. The number of carboxylic acids is 1. The molecule has 128 valence electrons. The minimum Gasteiger partial charge on any atom is -0.475 e. The average molecular weight is 355 g/mol. The molecule has 1 aromatic rings. The number of hydrogen-bond acceptors (Lipinski definition) is 4. The van der Waals surface area contributed by atoms with E-state index in [4.69, 9.17) is 25.9 Å². The lowest BCUT2D eigenvalue weighted by atomic mass is 10.00. The molecule has 2 aliphatic heterocycles. The Kier molecular flexibility index (Phi) is 5.20. The highest BCUT2D eigenvalue weighted by molar-refractivity contribution is 6.29. The molecule has 0 aromatic carbocycles. The van der Waals surface area contributed by atoms with Crippen molar-refractivity contribution in [3.05, 3.63) is 23.1 Å². The van der Waals surface area contributed by atoms with Crippen LogP contribution in [-0.4, -0.2) is 53.7 Å². The second kappa shape index (κ2) is 6.79. The zero-order valence-corrected chi connectivity index (χ0v) is 12.5. The van der Waals surface area contributed by atoms with Crippen LogP contribution in [-0.2, 0) is 4.79 Å². The van der Waals surface area contributed by atoms with Gasteiger partial charge in [-0.05, 0) is 36.1 Å². The zero-order valence-electron chi connectivity index (χ0n) is 11.8. The average Bonchev–Trinajstić information content (AvgIpc) is 3.03. The molecule has 0 spiro atoms. The Morgan fingerprint density at radius 3 is 2.48 bits per heavy atom. The van der Waals surface area contributed by atoms with Gasteiger partial charge < -0.3 is 19.7 Å². The van der Waals surface area contributed by atoms with Crippen LogP contribution >= 0.6 is 11.6 Å². The Morgan fingerprint density at radius 2 is 2.00 bits per heavy atom. The number of halogens is 4. The van der Waals surface area contributed by atoms with Crippen LogP contribution in [0.4, 0.5) is 13.2 Å². The maximum atomic E-state index is 12.1. The van der Waals surface area contributed by atoms with Gasteiger partial charge in [-0.2, -0.15) is 13.2 Å². The van der Waals surface area contributed by atoms with Gasteiger partial charge in [0.15, 0.2) is 11.0 Å². The van der Waals surface area contributed by atoms with E-state index in [1.807, 2.05) is 4.90 Å². The summed E-state index contributed by atoms with van der Waals surface area (Å²) in [6.45, 7) is 2.61. The predicted molar refractivity (Wildman–Crippen MR) is 73.2 cm³/mol. The smallest absolute Gasteiger partial charge is 0.475 e. The SMILES string of the molecule is O=C(O)C(F)(F)F.O=C(c1ccc(Cl)o1)N1C[C@@H]2CN[C@@H](C2)C1. The predicted octanol–water partition coefficient (Wildman–Crippen LogP) is 2.00. The fourth-order valence-electron chi connectivity index (χ4n) is 2.58. The first kappa shape index (κ1) is 17.6. The van der Waals surface area contributed by atoms with Crippen LogP contribution in [0.5, 0.6) is 0 Å². The van der Waals surface area contributed by atoms with Gasteiger partial charge in [0.1, 0.15) is 0 Å². The number of alkyl halides is 3. The highest BCUT2D eigenvalue weighted by Gasteiger charge is 2.38. The van der Waals surface area contributed by atoms with Crippen molar-refractivity contribution in [3.63, 3.8) is 0 Å². The van der Waals surface area contributed by atoms with Crippen molar-refractivity contribution in [3.8, 4) is 0 Å². The number of amides is 1. The quantitative estimate of drug-likeness (QED) is 0.806. The van der Waals surface area contributed by atoms with Crippen molar-refractivity contribution < 1.29 is 32.3 Å². The van der Waals surface area contributed by atoms with E-state index in [2.05, 4.69) is 5.32 Å². The van der Waals surface area contributed by atoms with Crippen molar-refractivity contribution in [2.24, 2.45) is 5.92 Å². The van der Waals surface area contributed by atoms with Gasteiger partial charge in [0.25, 0.3) is 5.91 Å². The molecule has 2 atom stereocenters. The van der Waals surface area contributed by atoms with Crippen LogP contribution in [0.25, 0.3) is 0 Å². The molecule has 2 aliphatic rings. The number of rotatable bonds is 1. The summed E-state index contributed by atoms with van der Waals surface area (Å²) in [4.78, 5) is 22.8. The van der Waals surface area contributed by atoms with Gasteiger partial charge in [0.05, 0.1) is 0 Å². The van der Waals surface area contributed by atoms with E-state index >= 15 is 0 Å². The second-order valence-electron chi connectivity index (χ2n) is 5.32. The van der Waals surface area contributed by atoms with Crippen LogP contribution in [0.15, 0.2) is 16.5 Å². The van der Waals surface area contributed by atoms with Crippen LogP contribution in [0.3, 0.4) is 0 Å². The Labute approximate surface area is 134 Å². The Hall–Kier alpha value is -1.74. The van der Waals surface area contributed by atoms with Crippen molar-refractivity contribution in [2.75, 3.05) is 19.6 Å². The maximum absolute atomic E-state index is 12.1. The number of likely N-dealkylation sites (tertiary alicyclic amines) is 1. The maximum Gasteiger partial charge on any atom is 0.490 e. The number of furan rings is 1. The van der Waals surface area contributed by atoms with Crippen LogP contribution < -0.4 is 5.32 Å². The minimum absolute atomic E-state index is 0.0506. The number of hydrogen-bond donors (Lipinski definition) is 2. The van der Waals surface area contributed by atoms with E-state index in [-0.39, 0.29) is 11.1 Å². The molecule has 6 nitrogen and oxygen atoms in total. The molecule has 2 N–H and O–H groups in total. The highest BCUT2D eigenvalue weighted by Crippen LogP contribution is 2.24. The number of piperidine rings is 1. The number of nitrogens with zero attached hydrogens (tertiary/aromatic N) is 1. The molecule has 2 fully saturated rings. The number of carboxylic acid groups (broad SMARTS) is 1. The van der Waals surface area contributed by atoms with Crippen molar-refractivity contribution in [1.82, 2.24) is 10.2 Å². The van der Waals surface area contributed by atoms with Crippen LogP contribution in [0.2, 0.25) is 5.22 Å². The molecule has 1 aromatic heterocycles. The number of fused-ring (bicyclic) bond motifs is 2. The summed E-state index contributed by atoms with van der Waals surface area (Å²) in [7, 11) is 0. The first-order valence-electron chi connectivity index (χ1n) is 6.75. The molecule has 2 saturated heterocycles. The Balaban J connectivity index is 0.000000236. The van der Waals surface area contributed by atoms with Crippen LogP contribution in [0, 0.1) is 5.92 Å². The molecule has 0 radical (unpaired) electrons. The monoisotopic (exact) mass is 354 g/mol. The van der Waals surface area contributed by atoms with Crippen molar-refractivity contribution in [1.29, 1.82) is 0 Å². The number of carbonyl (C=O) groups is 2. The number of nitrogens with one attached hydrogen (secondary N) is 1. The minimum atomic E-state index is -5.08. The molecule has 2 bridgehead atoms. The first-order valence-corrected chi connectivity index (χ1v) is 7.12. The van der Waals surface area contributed by atoms with Crippen molar-refractivity contribution in [2.45, 2.75) is 18.6 Å². The summed E-state index contributed by atoms with van der Waals surface area (Å²) < 4.78 is 36.9. The van der Waals surface area contributed by atoms with Gasteiger partial charge in [0.2, 0.25) is 0 Å². The van der Waals surface area contributed by atoms with E-state index < -0.39 is 12.1 Å². The normalized spacial score (nSPS) is 23.2. The lowest BCUT2D eigenvalue weighted by molar-refractivity contribution is -0.192. The van der Waals surface area contributed by atoms with E-state index in [9.17, 15) is 18.0 Å². The molecular formula is C13H14ClF3N2O4.